The van der Waals surface area contributed by atoms with Gasteiger partial charge < -0.3 is 9.47 Å². The van der Waals surface area contributed by atoms with Gasteiger partial charge in [0.25, 0.3) is 0 Å². The van der Waals surface area contributed by atoms with Gasteiger partial charge in [-0.15, -0.1) is 0 Å². The number of halogens is 2. The first-order chi connectivity index (χ1) is 8.10. The quantitative estimate of drug-likeness (QED) is 0.763. The molecule has 0 fully saturated rings. The molecule has 0 heterocycles. The molecule has 0 aliphatic carbocycles. The van der Waals surface area contributed by atoms with Crippen molar-refractivity contribution in [3.63, 3.8) is 0 Å². The predicted molar refractivity (Wildman–Crippen MR) is 62.8 cm³/mol. The Labute approximate surface area is 104 Å². The molecule has 0 spiro atoms. The van der Waals surface area contributed by atoms with Gasteiger partial charge in [0, 0.05) is 0 Å². The number of benzene rings is 1. The molecular weight excluding hydrogens is 247 g/mol. The van der Waals surface area contributed by atoms with Crippen molar-refractivity contribution < 1.29 is 18.7 Å². The summed E-state index contributed by atoms with van der Waals surface area (Å²) in [5.74, 6) is -1.22. The first kappa shape index (κ1) is 13.8. The van der Waals surface area contributed by atoms with Crippen LogP contribution in [-0.2, 0) is 9.53 Å². The van der Waals surface area contributed by atoms with Gasteiger partial charge in [-0.3, -0.25) is 0 Å². The van der Waals surface area contributed by atoms with Gasteiger partial charge in [-0.1, -0.05) is 24.6 Å². The Kier molecular flexibility index (Phi) is 5.22. The van der Waals surface area contributed by atoms with Crippen molar-refractivity contribution in [1.82, 2.24) is 0 Å². The van der Waals surface area contributed by atoms with Gasteiger partial charge in [0.2, 0.25) is 0 Å². The van der Waals surface area contributed by atoms with E-state index in [9.17, 15) is 9.18 Å². The molecule has 0 bridgehead atoms. The average molecular weight is 261 g/mol. The lowest BCUT2D eigenvalue weighted by atomic mass is 10.2. The summed E-state index contributed by atoms with van der Waals surface area (Å²) in [6.07, 6.45) is -0.423. The highest BCUT2D eigenvalue weighted by Crippen LogP contribution is 2.25. The number of carbonyl (C=O) groups is 1. The summed E-state index contributed by atoms with van der Waals surface area (Å²) in [6, 6.07) is 4.39. The van der Waals surface area contributed by atoms with Gasteiger partial charge in [-0.25, -0.2) is 9.18 Å². The monoisotopic (exact) mass is 260 g/mol. The van der Waals surface area contributed by atoms with E-state index in [0.29, 0.717) is 6.42 Å². The van der Waals surface area contributed by atoms with E-state index in [2.05, 4.69) is 0 Å². The Balaban J connectivity index is 2.80. The van der Waals surface area contributed by atoms with Crippen LogP contribution in [0.1, 0.15) is 20.3 Å². The van der Waals surface area contributed by atoms with Crippen LogP contribution in [0.15, 0.2) is 18.2 Å². The van der Waals surface area contributed by atoms with Crippen LogP contribution in [0.5, 0.6) is 5.75 Å². The Hall–Kier alpha value is -1.29. The molecule has 0 N–H and O–H groups in total. The Morgan fingerprint density at radius 1 is 1.47 bits per heavy atom. The van der Waals surface area contributed by atoms with Crippen LogP contribution < -0.4 is 4.74 Å². The standard InChI is InChI=1S/C12H14ClFO3/c1-3-9(12(15)16-4-2)17-10-7-5-6-8(13)11(10)14/h5-7,9H,3-4H2,1-2H3. The smallest absolute Gasteiger partial charge is 0.347 e. The van der Waals surface area contributed by atoms with E-state index in [1.165, 1.54) is 12.1 Å². The second-order valence-electron chi connectivity index (χ2n) is 3.32. The maximum atomic E-state index is 13.5. The maximum Gasteiger partial charge on any atom is 0.347 e. The van der Waals surface area contributed by atoms with E-state index < -0.39 is 17.9 Å². The fourth-order valence-corrected chi connectivity index (χ4v) is 1.43. The van der Waals surface area contributed by atoms with E-state index in [0.717, 1.165) is 0 Å². The van der Waals surface area contributed by atoms with Gasteiger partial charge >= 0.3 is 5.97 Å². The highest BCUT2D eigenvalue weighted by atomic mass is 35.5. The van der Waals surface area contributed by atoms with Gasteiger partial charge in [0.15, 0.2) is 17.7 Å². The minimum Gasteiger partial charge on any atom is -0.476 e. The van der Waals surface area contributed by atoms with Crippen molar-refractivity contribution >= 4 is 17.6 Å². The first-order valence-electron chi connectivity index (χ1n) is 5.37. The van der Waals surface area contributed by atoms with Crippen molar-refractivity contribution in [3.05, 3.63) is 29.0 Å². The third-order valence-electron chi connectivity index (χ3n) is 2.11. The lowest BCUT2D eigenvalue weighted by Crippen LogP contribution is -2.29. The summed E-state index contributed by atoms with van der Waals surface area (Å²) in [6.45, 7) is 3.71. The van der Waals surface area contributed by atoms with E-state index in [1.54, 1.807) is 19.9 Å². The molecule has 0 radical (unpaired) electrons. The number of carbonyl (C=O) groups excluding carboxylic acids is 1. The third kappa shape index (κ3) is 3.60. The summed E-state index contributed by atoms with van der Waals surface area (Å²) in [4.78, 5) is 11.5. The zero-order valence-corrected chi connectivity index (χ0v) is 10.5. The van der Waals surface area contributed by atoms with Crippen LogP contribution in [-0.4, -0.2) is 18.7 Å². The van der Waals surface area contributed by atoms with E-state index in [1.807, 2.05) is 0 Å². The summed E-state index contributed by atoms with van der Waals surface area (Å²) >= 11 is 5.61. The lowest BCUT2D eigenvalue weighted by molar-refractivity contribution is -0.151. The SMILES string of the molecule is CCOC(=O)C(CC)Oc1cccc(Cl)c1F. The first-order valence-corrected chi connectivity index (χ1v) is 5.75. The molecule has 0 saturated heterocycles. The summed E-state index contributed by atoms with van der Waals surface area (Å²) in [5.41, 5.74) is 0. The van der Waals surface area contributed by atoms with Gasteiger partial charge in [-0.2, -0.15) is 0 Å². The summed E-state index contributed by atoms with van der Waals surface area (Å²) in [5, 5.41) is -0.0405. The van der Waals surface area contributed by atoms with E-state index in [4.69, 9.17) is 21.1 Å². The van der Waals surface area contributed by atoms with Crippen molar-refractivity contribution in [2.45, 2.75) is 26.4 Å². The largest absolute Gasteiger partial charge is 0.476 e. The fraction of sp³-hybridized carbons (Fsp3) is 0.417. The van der Waals surface area contributed by atoms with Crippen LogP contribution >= 0.6 is 11.6 Å². The van der Waals surface area contributed by atoms with Crippen LogP contribution in [0.2, 0.25) is 5.02 Å². The Morgan fingerprint density at radius 2 is 2.18 bits per heavy atom. The van der Waals surface area contributed by atoms with Crippen LogP contribution in [0.3, 0.4) is 0 Å². The highest BCUT2D eigenvalue weighted by Gasteiger charge is 2.21. The molecule has 0 saturated carbocycles. The van der Waals surface area contributed by atoms with Crippen LogP contribution in [0.4, 0.5) is 4.39 Å². The molecule has 0 aliphatic heterocycles. The van der Waals surface area contributed by atoms with Crippen LogP contribution in [0.25, 0.3) is 0 Å². The molecule has 1 unspecified atom stereocenters. The Bertz CT molecular complexity index is 395. The Morgan fingerprint density at radius 3 is 2.76 bits per heavy atom. The molecule has 1 aromatic rings. The molecule has 3 nitrogen and oxygen atoms in total. The third-order valence-corrected chi connectivity index (χ3v) is 2.40. The van der Waals surface area contributed by atoms with Crippen molar-refractivity contribution in [1.29, 1.82) is 0 Å². The van der Waals surface area contributed by atoms with Crippen LogP contribution in [0, 0.1) is 5.82 Å². The van der Waals surface area contributed by atoms with Gasteiger partial charge in [-0.05, 0) is 25.5 Å². The lowest BCUT2D eigenvalue weighted by Gasteiger charge is -2.16. The maximum absolute atomic E-state index is 13.5. The molecule has 1 atom stereocenters. The number of rotatable bonds is 5. The molecule has 94 valence electrons. The van der Waals surface area contributed by atoms with Crippen molar-refractivity contribution in [3.8, 4) is 5.75 Å². The average Bonchev–Trinajstić information content (AvgIpc) is 2.31. The van der Waals surface area contributed by atoms with E-state index >= 15 is 0 Å². The predicted octanol–water partition coefficient (Wildman–Crippen LogP) is 3.20. The zero-order valence-electron chi connectivity index (χ0n) is 9.70. The zero-order chi connectivity index (χ0) is 12.8. The van der Waals surface area contributed by atoms with Gasteiger partial charge in [0.1, 0.15) is 0 Å². The number of esters is 1. The number of hydrogen-bond acceptors (Lipinski definition) is 3. The number of ether oxygens (including phenoxy) is 2. The van der Waals surface area contributed by atoms with Crippen molar-refractivity contribution in [2.24, 2.45) is 0 Å². The topological polar surface area (TPSA) is 35.5 Å². The molecule has 0 aromatic heterocycles. The molecule has 1 aromatic carbocycles. The summed E-state index contributed by atoms with van der Waals surface area (Å²) in [7, 11) is 0. The molecule has 5 heteroatoms. The van der Waals surface area contributed by atoms with Crippen molar-refractivity contribution in [2.75, 3.05) is 6.61 Å². The molecule has 0 amide bonds. The molecule has 17 heavy (non-hydrogen) atoms. The second-order valence-corrected chi connectivity index (χ2v) is 3.73. The molecular formula is C12H14ClFO3. The fourth-order valence-electron chi connectivity index (χ4n) is 1.26. The molecule has 0 aliphatic rings. The molecule has 1 rings (SSSR count). The minimum atomic E-state index is -0.817. The summed E-state index contributed by atoms with van der Waals surface area (Å²) < 4.78 is 23.6. The highest BCUT2D eigenvalue weighted by molar-refractivity contribution is 6.30. The normalized spacial score (nSPS) is 12.0. The number of hydrogen-bond donors (Lipinski definition) is 0. The minimum absolute atomic E-state index is 0.0405. The van der Waals surface area contributed by atoms with E-state index in [-0.39, 0.29) is 17.4 Å². The second kappa shape index (κ2) is 6.45. The van der Waals surface area contributed by atoms with Gasteiger partial charge in [0.05, 0.1) is 11.6 Å².